The molecule has 1 aromatic carbocycles. The third-order valence-corrected chi connectivity index (χ3v) is 6.01. The normalized spacial score (nSPS) is 17.5. The average Bonchev–Trinajstić information content (AvgIpc) is 3.24. The molecule has 0 saturated carbocycles. The number of hydrogen-bond donors (Lipinski definition) is 3. The van der Waals surface area contributed by atoms with E-state index >= 15 is 0 Å². The Morgan fingerprint density at radius 1 is 1.24 bits per heavy atom. The zero-order chi connectivity index (χ0) is 23.8. The molecule has 3 N–H and O–H groups in total. The lowest BCUT2D eigenvalue weighted by Gasteiger charge is -2.25. The molecular formula is C22H27N5O5S. The van der Waals surface area contributed by atoms with E-state index in [0.717, 1.165) is 10.4 Å². The molecule has 1 aliphatic rings. The Bertz CT molecular complexity index is 994. The largest absolute Gasteiger partial charge is 0.445 e. The Kier molecular flexibility index (Phi) is 8.47. The molecule has 2 aromatic rings. The summed E-state index contributed by atoms with van der Waals surface area (Å²) < 4.78 is 9.16. The zero-order valence-electron chi connectivity index (χ0n) is 18.5. The summed E-state index contributed by atoms with van der Waals surface area (Å²) in [5, 5.41) is 11.8. The summed E-state index contributed by atoms with van der Waals surface area (Å²) in [6.45, 7) is 3.91. The molecule has 1 aliphatic heterocycles. The third kappa shape index (κ3) is 6.82. The lowest BCUT2D eigenvalue weighted by Crippen LogP contribution is -2.56. The molecular weight excluding hydrogens is 446 g/mol. The fraction of sp³-hybridized carbons (Fsp3) is 0.455. The SMILES string of the molecule is CC(C)C(NC(=O)OCc1ccccc1)C(=O)NC1Cc2nnsc2CCCNC(=O)C1=O. The second kappa shape index (κ2) is 11.5. The maximum absolute atomic E-state index is 13.0. The number of ketones is 1. The van der Waals surface area contributed by atoms with E-state index in [1.165, 1.54) is 11.5 Å². The summed E-state index contributed by atoms with van der Waals surface area (Å²) in [5.41, 5.74) is 1.40. The average molecular weight is 474 g/mol. The number of ether oxygens (including phenoxy) is 1. The molecule has 11 heteroatoms. The standard InChI is InChI=1S/C22H27N5O5S/c1-13(2)18(25-22(31)32-12-14-7-4-3-5-8-14)20(29)24-16-11-15-17(33-27-26-15)9-6-10-23-21(30)19(16)28/h3-5,7-8,13,16,18H,6,9-12H2,1-2H3,(H,23,30)(H,24,29)(H,25,31). The van der Waals surface area contributed by atoms with E-state index in [0.29, 0.717) is 25.1 Å². The lowest BCUT2D eigenvalue weighted by molar-refractivity contribution is -0.140. The van der Waals surface area contributed by atoms with E-state index in [1.807, 2.05) is 30.3 Å². The Balaban J connectivity index is 1.67. The van der Waals surface area contributed by atoms with Crippen LogP contribution in [0.2, 0.25) is 0 Å². The van der Waals surface area contributed by atoms with Gasteiger partial charge in [0.2, 0.25) is 11.7 Å². The number of hydrogen-bond acceptors (Lipinski definition) is 8. The fourth-order valence-electron chi connectivity index (χ4n) is 3.36. The molecule has 2 unspecified atom stereocenters. The highest BCUT2D eigenvalue weighted by atomic mass is 32.1. The Morgan fingerprint density at radius 2 is 2.00 bits per heavy atom. The van der Waals surface area contributed by atoms with Gasteiger partial charge >= 0.3 is 6.09 Å². The topological polar surface area (TPSA) is 139 Å². The number of carbonyl (C=O) groups is 4. The van der Waals surface area contributed by atoms with Crippen molar-refractivity contribution in [1.29, 1.82) is 0 Å². The van der Waals surface area contributed by atoms with Crippen LogP contribution < -0.4 is 16.0 Å². The number of aryl methyl sites for hydroxylation is 1. The van der Waals surface area contributed by atoms with Crippen LogP contribution in [0.1, 0.15) is 36.4 Å². The smallest absolute Gasteiger partial charge is 0.408 e. The predicted octanol–water partition coefficient (Wildman–Crippen LogP) is 1.15. The van der Waals surface area contributed by atoms with E-state index in [9.17, 15) is 19.2 Å². The van der Waals surface area contributed by atoms with Gasteiger partial charge in [0.15, 0.2) is 0 Å². The summed E-state index contributed by atoms with van der Waals surface area (Å²) in [6, 6.07) is 7.06. The van der Waals surface area contributed by atoms with Crippen LogP contribution >= 0.6 is 11.5 Å². The van der Waals surface area contributed by atoms with Crippen LogP contribution in [0.15, 0.2) is 30.3 Å². The zero-order valence-corrected chi connectivity index (χ0v) is 19.3. The van der Waals surface area contributed by atoms with Gasteiger partial charge in [-0.2, -0.15) is 0 Å². The fourth-order valence-corrected chi connectivity index (χ4v) is 4.06. The second-order valence-electron chi connectivity index (χ2n) is 8.06. The van der Waals surface area contributed by atoms with Gasteiger partial charge in [-0.15, -0.1) is 5.10 Å². The van der Waals surface area contributed by atoms with Crippen molar-refractivity contribution in [3.8, 4) is 0 Å². The summed E-state index contributed by atoms with van der Waals surface area (Å²) >= 11 is 1.24. The maximum Gasteiger partial charge on any atom is 0.408 e. The molecule has 0 aliphatic carbocycles. The minimum absolute atomic E-state index is 0.0487. The molecule has 33 heavy (non-hydrogen) atoms. The van der Waals surface area contributed by atoms with E-state index < -0.39 is 35.8 Å². The highest BCUT2D eigenvalue weighted by Gasteiger charge is 2.33. The monoisotopic (exact) mass is 473 g/mol. The van der Waals surface area contributed by atoms with Crippen molar-refractivity contribution < 1.29 is 23.9 Å². The highest BCUT2D eigenvalue weighted by Crippen LogP contribution is 2.16. The molecule has 2 atom stereocenters. The minimum atomic E-state index is -1.12. The van der Waals surface area contributed by atoms with Gasteiger partial charge in [-0.25, -0.2) is 4.79 Å². The molecule has 1 aromatic heterocycles. The predicted molar refractivity (Wildman–Crippen MR) is 120 cm³/mol. The Hall–Kier alpha value is -3.34. The molecule has 0 radical (unpaired) electrons. The number of rotatable bonds is 6. The van der Waals surface area contributed by atoms with Gasteiger partial charge in [0.1, 0.15) is 18.7 Å². The number of fused-ring (bicyclic) bond motifs is 1. The van der Waals surface area contributed by atoms with Gasteiger partial charge in [0, 0.05) is 17.8 Å². The molecule has 2 heterocycles. The number of amides is 3. The number of nitrogens with one attached hydrogen (secondary N) is 3. The van der Waals surface area contributed by atoms with Crippen LogP contribution in [0.4, 0.5) is 4.79 Å². The van der Waals surface area contributed by atoms with Crippen molar-refractivity contribution in [1.82, 2.24) is 25.5 Å². The lowest BCUT2D eigenvalue weighted by atomic mass is 10.00. The first kappa shape index (κ1) is 24.3. The Labute approximate surface area is 195 Å². The van der Waals surface area contributed by atoms with Crippen LogP contribution in [0.3, 0.4) is 0 Å². The van der Waals surface area contributed by atoms with Gasteiger partial charge in [-0.3, -0.25) is 14.4 Å². The van der Waals surface area contributed by atoms with Crippen molar-refractivity contribution in [2.45, 2.75) is 51.8 Å². The van der Waals surface area contributed by atoms with Crippen LogP contribution in [0.25, 0.3) is 0 Å². The summed E-state index contributed by atoms with van der Waals surface area (Å²) in [5.74, 6) is -2.41. The van der Waals surface area contributed by atoms with Crippen LogP contribution in [-0.4, -0.2) is 51.9 Å². The molecule has 176 valence electrons. The van der Waals surface area contributed by atoms with E-state index in [4.69, 9.17) is 4.74 Å². The van der Waals surface area contributed by atoms with Crippen LogP contribution in [-0.2, 0) is 38.6 Å². The van der Waals surface area contributed by atoms with Crippen molar-refractivity contribution in [2.24, 2.45) is 5.92 Å². The second-order valence-corrected chi connectivity index (χ2v) is 8.90. The number of nitrogens with zero attached hydrogens (tertiary/aromatic N) is 2. The van der Waals surface area contributed by atoms with Crippen molar-refractivity contribution >= 4 is 35.2 Å². The molecule has 0 fully saturated rings. The van der Waals surface area contributed by atoms with Crippen LogP contribution in [0.5, 0.6) is 0 Å². The van der Waals surface area contributed by atoms with Crippen molar-refractivity contribution in [2.75, 3.05) is 6.54 Å². The van der Waals surface area contributed by atoms with Gasteiger partial charge in [-0.1, -0.05) is 48.7 Å². The summed E-state index contributed by atoms with van der Waals surface area (Å²) in [4.78, 5) is 51.2. The van der Waals surface area contributed by atoms with Gasteiger partial charge in [-0.05, 0) is 35.9 Å². The number of benzene rings is 1. The minimum Gasteiger partial charge on any atom is -0.445 e. The third-order valence-electron chi connectivity index (χ3n) is 5.19. The molecule has 10 nitrogen and oxygen atoms in total. The van der Waals surface area contributed by atoms with E-state index in [2.05, 4.69) is 25.5 Å². The molecule has 0 saturated heterocycles. The van der Waals surface area contributed by atoms with E-state index in [-0.39, 0.29) is 18.9 Å². The first-order valence-corrected chi connectivity index (χ1v) is 11.5. The summed E-state index contributed by atoms with van der Waals surface area (Å²) in [6.07, 6.45) is 0.629. The summed E-state index contributed by atoms with van der Waals surface area (Å²) in [7, 11) is 0. The molecule has 3 amide bonds. The van der Waals surface area contributed by atoms with Crippen molar-refractivity contribution in [3.63, 3.8) is 0 Å². The first-order valence-electron chi connectivity index (χ1n) is 10.7. The molecule has 0 spiro atoms. The van der Waals surface area contributed by atoms with E-state index in [1.54, 1.807) is 13.8 Å². The number of Topliss-reactive ketones (excluding diaryl/α,β-unsaturated/α-hetero) is 1. The first-order chi connectivity index (χ1) is 15.8. The highest BCUT2D eigenvalue weighted by molar-refractivity contribution is 7.05. The number of carbonyl (C=O) groups excluding carboxylic acids is 4. The maximum atomic E-state index is 13.0. The van der Waals surface area contributed by atoms with Gasteiger partial charge in [0.05, 0.1) is 5.69 Å². The van der Waals surface area contributed by atoms with Gasteiger partial charge in [0.25, 0.3) is 5.91 Å². The van der Waals surface area contributed by atoms with Gasteiger partial charge < -0.3 is 20.7 Å². The van der Waals surface area contributed by atoms with Crippen LogP contribution in [0, 0.1) is 5.92 Å². The number of alkyl carbamates (subject to hydrolysis) is 1. The molecule has 3 rings (SSSR count). The number of aromatic nitrogens is 2. The molecule has 0 bridgehead atoms. The van der Waals surface area contributed by atoms with Crippen molar-refractivity contribution in [3.05, 3.63) is 46.5 Å². The Morgan fingerprint density at radius 3 is 2.73 bits per heavy atom. The quantitative estimate of drug-likeness (QED) is 0.535.